The van der Waals surface area contributed by atoms with Crippen LogP contribution in [0.15, 0.2) is 36.4 Å². The van der Waals surface area contributed by atoms with Crippen molar-refractivity contribution in [3.8, 4) is 17.2 Å². The summed E-state index contributed by atoms with van der Waals surface area (Å²) in [5.41, 5.74) is 3.60. The molecule has 5 rings (SSSR count). The fraction of sp³-hybridized carbons (Fsp3) is 0.414. The molecule has 2 heterocycles. The third kappa shape index (κ3) is 4.82. The summed E-state index contributed by atoms with van der Waals surface area (Å²) in [6.45, 7) is 1.13. The lowest BCUT2D eigenvalue weighted by molar-refractivity contribution is -0.130. The van der Waals surface area contributed by atoms with Gasteiger partial charge in [-0.1, -0.05) is 17.3 Å². The molecule has 0 bridgehead atoms. The van der Waals surface area contributed by atoms with Gasteiger partial charge in [0.05, 0.1) is 18.0 Å². The van der Waals surface area contributed by atoms with Gasteiger partial charge in [-0.2, -0.15) is 10.5 Å². The molecule has 1 aliphatic carbocycles. The van der Waals surface area contributed by atoms with Crippen molar-refractivity contribution in [3.05, 3.63) is 64.5 Å². The highest BCUT2D eigenvalue weighted by molar-refractivity contribution is 5.99. The third-order valence-electron chi connectivity index (χ3n) is 7.96. The van der Waals surface area contributed by atoms with E-state index in [9.17, 15) is 19.6 Å². The zero-order chi connectivity index (χ0) is 29.3. The smallest absolute Gasteiger partial charge is 0.253 e. The van der Waals surface area contributed by atoms with Crippen LogP contribution in [0, 0.1) is 11.3 Å². The van der Waals surface area contributed by atoms with Crippen molar-refractivity contribution >= 4 is 17.7 Å². The van der Waals surface area contributed by atoms with E-state index in [1.165, 1.54) is 9.80 Å². The van der Waals surface area contributed by atoms with Gasteiger partial charge in [-0.05, 0) is 72.3 Å². The molecule has 12 heteroatoms. The van der Waals surface area contributed by atoms with Gasteiger partial charge in [-0.3, -0.25) is 14.4 Å². The van der Waals surface area contributed by atoms with E-state index in [0.29, 0.717) is 42.9 Å². The Morgan fingerprint density at radius 3 is 2.17 bits per heavy atom. The summed E-state index contributed by atoms with van der Waals surface area (Å²) >= 11 is 0. The second-order valence-electron chi connectivity index (χ2n) is 10.9. The summed E-state index contributed by atoms with van der Waals surface area (Å²) < 4.78 is 0. The van der Waals surface area contributed by atoms with Gasteiger partial charge in [0.2, 0.25) is 5.91 Å². The van der Waals surface area contributed by atoms with E-state index in [2.05, 4.69) is 32.0 Å². The van der Waals surface area contributed by atoms with Crippen LogP contribution in [0.5, 0.6) is 0 Å². The molecule has 0 saturated carbocycles. The highest BCUT2D eigenvalue weighted by Crippen LogP contribution is 2.53. The van der Waals surface area contributed by atoms with Crippen molar-refractivity contribution in [2.45, 2.75) is 30.7 Å². The first-order valence-electron chi connectivity index (χ1n) is 13.6. The first-order valence-corrected chi connectivity index (χ1v) is 13.6. The second-order valence-corrected chi connectivity index (χ2v) is 10.9. The number of nitrogens with one attached hydrogen (secondary N) is 2. The maximum absolute atomic E-state index is 12.9. The number of aromatic amines is 1. The van der Waals surface area contributed by atoms with Gasteiger partial charge in [0.15, 0.2) is 5.82 Å². The molecule has 2 aliphatic rings. The predicted molar refractivity (Wildman–Crippen MR) is 150 cm³/mol. The normalized spacial score (nSPS) is 16.6. The second kappa shape index (κ2) is 11.1. The maximum atomic E-state index is 12.9. The van der Waals surface area contributed by atoms with Crippen molar-refractivity contribution in [2.75, 3.05) is 47.8 Å². The number of amides is 3. The Hall–Kier alpha value is -4.63. The minimum Gasteiger partial charge on any atom is -0.345 e. The standard InChI is InChI=1S/C29H33N9O3/c1-36(2)26(40)18-7-9-23-21(14-18)22-15-19(27(41)37(3)4)8-10-24(22)29(23,28-32-34-35-33-28)11-12-31-17-25(39)38-13-5-6-20(38)16-30/h7-10,14-15,20,31H,5-6,11-13,17H2,1-4H3,(H,32,33,34,35). The number of carbonyl (C=O) groups is 3. The van der Waals surface area contributed by atoms with Crippen molar-refractivity contribution < 1.29 is 14.4 Å². The number of nitrogens with zero attached hydrogens (tertiary/aromatic N) is 7. The van der Waals surface area contributed by atoms with Gasteiger partial charge in [0.1, 0.15) is 6.04 Å². The summed E-state index contributed by atoms with van der Waals surface area (Å²) in [4.78, 5) is 43.3. The van der Waals surface area contributed by atoms with E-state index in [-0.39, 0.29) is 30.3 Å². The molecule has 1 fully saturated rings. The molecule has 3 aromatic rings. The van der Waals surface area contributed by atoms with Crippen molar-refractivity contribution in [1.29, 1.82) is 5.26 Å². The van der Waals surface area contributed by atoms with E-state index in [0.717, 1.165) is 28.7 Å². The molecular formula is C29H33N9O3. The Kier molecular flexibility index (Phi) is 7.55. The minimum atomic E-state index is -0.851. The van der Waals surface area contributed by atoms with Crippen LogP contribution in [0.1, 0.15) is 56.9 Å². The van der Waals surface area contributed by atoms with E-state index in [1.807, 2.05) is 24.3 Å². The van der Waals surface area contributed by atoms with Crippen LogP contribution >= 0.6 is 0 Å². The summed E-state index contributed by atoms with van der Waals surface area (Å²) in [5.74, 6) is 0.0797. The highest BCUT2D eigenvalue weighted by Gasteiger charge is 2.48. The average Bonchev–Trinajstić information content (AvgIpc) is 3.73. The molecule has 1 saturated heterocycles. The average molecular weight is 556 g/mol. The Balaban J connectivity index is 1.54. The number of benzene rings is 2. The number of hydrogen-bond donors (Lipinski definition) is 2. The topological polar surface area (TPSA) is 151 Å². The number of hydrogen-bond acceptors (Lipinski definition) is 8. The number of H-pyrrole nitrogens is 1. The van der Waals surface area contributed by atoms with Gasteiger partial charge in [0.25, 0.3) is 11.8 Å². The highest BCUT2D eigenvalue weighted by atomic mass is 16.2. The van der Waals surface area contributed by atoms with Crippen LogP contribution in [0.2, 0.25) is 0 Å². The third-order valence-corrected chi connectivity index (χ3v) is 7.96. The molecule has 2 aromatic carbocycles. The zero-order valence-electron chi connectivity index (χ0n) is 23.6. The lowest BCUT2D eigenvalue weighted by Gasteiger charge is -2.29. The first kappa shape index (κ1) is 27.9. The summed E-state index contributed by atoms with van der Waals surface area (Å²) in [6.07, 6.45) is 2.01. The molecule has 1 unspecified atom stereocenters. The molecule has 1 atom stereocenters. The molecule has 12 nitrogen and oxygen atoms in total. The van der Waals surface area contributed by atoms with Crippen LogP contribution < -0.4 is 5.32 Å². The summed E-state index contributed by atoms with van der Waals surface area (Å²) in [5, 5.41) is 27.9. The van der Waals surface area contributed by atoms with Crippen LogP contribution in [-0.2, 0) is 10.2 Å². The lowest BCUT2D eigenvalue weighted by atomic mass is 9.74. The Bertz CT molecular complexity index is 1460. The predicted octanol–water partition coefficient (Wildman–Crippen LogP) is 1.41. The van der Waals surface area contributed by atoms with Crippen molar-refractivity contribution in [1.82, 2.24) is 40.6 Å². The minimum absolute atomic E-state index is 0.103. The van der Waals surface area contributed by atoms with Gasteiger partial charge in [-0.15, -0.1) is 10.2 Å². The van der Waals surface area contributed by atoms with E-state index in [4.69, 9.17) is 0 Å². The summed E-state index contributed by atoms with van der Waals surface area (Å²) in [6, 6.07) is 13.0. The number of likely N-dealkylation sites (tertiary alicyclic amines) is 1. The molecule has 3 amide bonds. The van der Waals surface area contributed by atoms with Crippen LogP contribution in [-0.4, -0.2) is 107 Å². The largest absolute Gasteiger partial charge is 0.345 e. The molecule has 0 radical (unpaired) electrons. The Morgan fingerprint density at radius 2 is 1.66 bits per heavy atom. The maximum Gasteiger partial charge on any atom is 0.253 e. The molecule has 0 spiro atoms. The zero-order valence-corrected chi connectivity index (χ0v) is 23.6. The number of tetrazole rings is 1. The fourth-order valence-corrected chi connectivity index (χ4v) is 5.94. The quantitative estimate of drug-likeness (QED) is 0.396. The number of fused-ring (bicyclic) bond motifs is 3. The van der Waals surface area contributed by atoms with Crippen LogP contribution in [0.25, 0.3) is 11.1 Å². The number of aromatic nitrogens is 4. The Labute approximate surface area is 238 Å². The molecule has 41 heavy (non-hydrogen) atoms. The van der Waals surface area contributed by atoms with Crippen LogP contribution in [0.4, 0.5) is 0 Å². The van der Waals surface area contributed by atoms with Crippen LogP contribution in [0.3, 0.4) is 0 Å². The lowest BCUT2D eigenvalue weighted by Crippen LogP contribution is -2.42. The monoisotopic (exact) mass is 555 g/mol. The van der Waals surface area contributed by atoms with Gasteiger partial charge < -0.3 is 20.0 Å². The van der Waals surface area contributed by atoms with Gasteiger partial charge in [-0.25, -0.2) is 0 Å². The van der Waals surface area contributed by atoms with Gasteiger partial charge in [0, 0.05) is 45.9 Å². The SMILES string of the molecule is CN(C)C(=O)c1ccc2c(c1)-c1cc(C(=O)N(C)C)ccc1C2(CCNCC(=O)N1CCCC1C#N)c1nn[nH]n1. The number of carbonyl (C=O) groups excluding carboxylic acids is 3. The van der Waals surface area contributed by atoms with E-state index < -0.39 is 5.41 Å². The molecule has 1 aliphatic heterocycles. The molecular weight excluding hydrogens is 522 g/mol. The molecule has 2 N–H and O–H groups in total. The molecule has 212 valence electrons. The van der Waals surface area contributed by atoms with E-state index >= 15 is 0 Å². The first-order chi connectivity index (χ1) is 19.7. The van der Waals surface area contributed by atoms with Crippen molar-refractivity contribution in [2.24, 2.45) is 0 Å². The van der Waals surface area contributed by atoms with E-state index in [1.54, 1.807) is 45.2 Å². The number of nitriles is 1. The van der Waals surface area contributed by atoms with Crippen molar-refractivity contribution in [3.63, 3.8) is 0 Å². The fourth-order valence-electron chi connectivity index (χ4n) is 5.94. The van der Waals surface area contributed by atoms with Gasteiger partial charge >= 0.3 is 0 Å². The Morgan fingerprint density at radius 1 is 1.05 bits per heavy atom. The number of rotatable bonds is 8. The molecule has 1 aromatic heterocycles. The summed E-state index contributed by atoms with van der Waals surface area (Å²) in [7, 11) is 6.81.